The van der Waals surface area contributed by atoms with E-state index in [-0.39, 0.29) is 5.78 Å². The molecule has 2 aromatic heterocycles. The van der Waals surface area contributed by atoms with Crippen LogP contribution in [-0.4, -0.2) is 15.6 Å². The van der Waals surface area contributed by atoms with Crippen LogP contribution in [0.4, 0.5) is 0 Å². The van der Waals surface area contributed by atoms with E-state index in [9.17, 15) is 4.79 Å². The largest absolute Gasteiger partial charge is 0.287 e. The molecule has 0 spiro atoms. The van der Waals surface area contributed by atoms with E-state index < -0.39 is 0 Å². The molecule has 1 aromatic carbocycles. The smallest absolute Gasteiger partial charge is 0.215 e. The molecule has 19 heavy (non-hydrogen) atoms. The molecule has 3 aromatic rings. The monoisotopic (exact) mass is 332 g/mol. The summed E-state index contributed by atoms with van der Waals surface area (Å²) in [5, 5.41) is 8.05. The first-order valence-electron chi connectivity index (χ1n) is 5.63. The zero-order valence-electron chi connectivity index (χ0n) is 9.79. The van der Waals surface area contributed by atoms with Crippen molar-refractivity contribution in [2.75, 3.05) is 0 Å². The summed E-state index contributed by atoms with van der Waals surface area (Å²) in [7, 11) is 0. The molecule has 0 bridgehead atoms. The predicted molar refractivity (Wildman–Crippen MR) is 79.0 cm³/mol. The van der Waals surface area contributed by atoms with Gasteiger partial charge < -0.3 is 0 Å². The Bertz CT molecular complexity index is 718. The average molecular weight is 333 g/mol. The number of para-hydroxylation sites is 1. The number of hydrogen-bond donors (Lipinski definition) is 0. The van der Waals surface area contributed by atoms with Crippen molar-refractivity contribution in [1.82, 2.24) is 9.78 Å². The molecule has 0 radical (unpaired) electrons. The van der Waals surface area contributed by atoms with E-state index in [4.69, 9.17) is 0 Å². The van der Waals surface area contributed by atoms with Crippen molar-refractivity contribution in [2.45, 2.75) is 0 Å². The van der Waals surface area contributed by atoms with Crippen LogP contribution >= 0.6 is 27.3 Å². The molecule has 0 unspecified atom stereocenters. The van der Waals surface area contributed by atoms with Crippen molar-refractivity contribution in [1.29, 1.82) is 0 Å². The van der Waals surface area contributed by atoms with Crippen LogP contribution in [0.2, 0.25) is 0 Å². The van der Waals surface area contributed by atoms with Gasteiger partial charge in [-0.1, -0.05) is 18.2 Å². The van der Waals surface area contributed by atoms with Crippen LogP contribution in [0.1, 0.15) is 16.1 Å². The fraction of sp³-hybridized carbons (Fsp3) is 0. The van der Waals surface area contributed by atoms with Crippen molar-refractivity contribution in [2.24, 2.45) is 0 Å². The Hall–Kier alpha value is -1.72. The van der Waals surface area contributed by atoms with E-state index in [1.807, 2.05) is 41.1 Å². The van der Waals surface area contributed by atoms with Gasteiger partial charge in [-0.05, 0) is 34.1 Å². The van der Waals surface area contributed by atoms with E-state index in [1.54, 1.807) is 16.9 Å². The molecule has 0 atom stereocenters. The Morgan fingerprint density at radius 2 is 1.95 bits per heavy atom. The summed E-state index contributed by atoms with van der Waals surface area (Å²) in [6.45, 7) is 0. The number of carbonyl (C=O) groups excluding carboxylic acids is 1. The topological polar surface area (TPSA) is 34.9 Å². The van der Waals surface area contributed by atoms with Crippen molar-refractivity contribution in [3.05, 3.63) is 69.1 Å². The van der Waals surface area contributed by atoms with Crippen LogP contribution in [0.3, 0.4) is 0 Å². The average Bonchev–Trinajstić information content (AvgIpc) is 3.08. The quantitative estimate of drug-likeness (QED) is 0.681. The maximum atomic E-state index is 12.3. The summed E-state index contributed by atoms with van der Waals surface area (Å²) < 4.78 is 2.52. The second-order valence-electron chi connectivity index (χ2n) is 3.94. The maximum absolute atomic E-state index is 12.3. The number of rotatable bonds is 3. The van der Waals surface area contributed by atoms with E-state index >= 15 is 0 Å². The molecule has 0 aliphatic heterocycles. The van der Waals surface area contributed by atoms with Crippen molar-refractivity contribution < 1.29 is 4.79 Å². The Kier molecular flexibility index (Phi) is 3.31. The van der Waals surface area contributed by atoms with Gasteiger partial charge in [-0.3, -0.25) is 4.79 Å². The Morgan fingerprint density at radius 3 is 2.63 bits per heavy atom. The number of hydrogen-bond acceptors (Lipinski definition) is 3. The molecule has 2 heterocycles. The molecule has 94 valence electrons. The molecule has 0 amide bonds. The van der Waals surface area contributed by atoms with Crippen LogP contribution in [0, 0.1) is 0 Å². The summed E-state index contributed by atoms with van der Waals surface area (Å²) in [6, 6.07) is 11.5. The third-order valence-corrected chi connectivity index (χ3v) is 4.40. The number of nitrogens with zero attached hydrogens (tertiary/aromatic N) is 2. The summed E-state index contributed by atoms with van der Waals surface area (Å²) in [4.78, 5) is 12.3. The standard InChI is InChI=1S/C14H9BrN2OS/c15-12-9-19-8-11(12)14(18)13-6-7-17(16-13)10-4-2-1-3-5-10/h1-9H. The summed E-state index contributed by atoms with van der Waals surface area (Å²) in [5.41, 5.74) is 2.04. The highest BCUT2D eigenvalue weighted by Crippen LogP contribution is 2.23. The van der Waals surface area contributed by atoms with Gasteiger partial charge in [0.15, 0.2) is 0 Å². The Labute approximate surface area is 122 Å². The lowest BCUT2D eigenvalue weighted by Crippen LogP contribution is -2.03. The van der Waals surface area contributed by atoms with Gasteiger partial charge >= 0.3 is 0 Å². The van der Waals surface area contributed by atoms with Gasteiger partial charge in [0, 0.05) is 27.0 Å². The minimum atomic E-state index is -0.0668. The molecule has 0 saturated heterocycles. The lowest BCUT2D eigenvalue weighted by molar-refractivity contribution is 0.103. The highest BCUT2D eigenvalue weighted by Gasteiger charge is 2.16. The number of halogens is 1. The molecule has 3 nitrogen and oxygen atoms in total. The van der Waals surface area contributed by atoms with Crippen LogP contribution in [-0.2, 0) is 0 Å². The van der Waals surface area contributed by atoms with E-state index in [0.717, 1.165) is 10.2 Å². The highest BCUT2D eigenvalue weighted by atomic mass is 79.9. The minimum Gasteiger partial charge on any atom is -0.287 e. The zero-order valence-corrected chi connectivity index (χ0v) is 12.2. The Balaban J connectivity index is 1.94. The highest BCUT2D eigenvalue weighted by molar-refractivity contribution is 9.10. The van der Waals surface area contributed by atoms with Gasteiger partial charge in [0.05, 0.1) is 5.69 Å². The summed E-state index contributed by atoms with van der Waals surface area (Å²) >= 11 is 4.86. The third kappa shape index (κ3) is 2.39. The second kappa shape index (κ2) is 5.11. The normalized spacial score (nSPS) is 10.6. The van der Waals surface area contributed by atoms with E-state index in [2.05, 4.69) is 21.0 Å². The maximum Gasteiger partial charge on any atom is 0.215 e. The first kappa shape index (κ1) is 12.3. The van der Waals surface area contributed by atoms with Gasteiger partial charge in [-0.15, -0.1) is 0 Å². The summed E-state index contributed by atoms with van der Waals surface area (Å²) in [6.07, 6.45) is 1.79. The van der Waals surface area contributed by atoms with Crippen LogP contribution in [0.15, 0.2) is 57.8 Å². The number of benzene rings is 1. The molecule has 0 aliphatic rings. The fourth-order valence-corrected chi connectivity index (χ4v) is 3.21. The molecule has 5 heteroatoms. The molecular weight excluding hydrogens is 324 g/mol. The molecule has 3 rings (SSSR count). The van der Waals surface area contributed by atoms with Gasteiger partial charge in [-0.2, -0.15) is 16.4 Å². The lowest BCUT2D eigenvalue weighted by atomic mass is 10.2. The number of aromatic nitrogens is 2. The SMILES string of the molecule is O=C(c1ccn(-c2ccccc2)n1)c1cscc1Br. The first-order chi connectivity index (χ1) is 9.25. The van der Waals surface area contributed by atoms with Gasteiger partial charge in [0.2, 0.25) is 5.78 Å². The van der Waals surface area contributed by atoms with Crippen LogP contribution in [0.5, 0.6) is 0 Å². The van der Waals surface area contributed by atoms with Gasteiger partial charge in [0.1, 0.15) is 5.69 Å². The zero-order chi connectivity index (χ0) is 13.2. The predicted octanol–water partition coefficient (Wildman–Crippen LogP) is 3.93. The van der Waals surface area contributed by atoms with Crippen LogP contribution < -0.4 is 0 Å². The molecule has 0 saturated carbocycles. The summed E-state index contributed by atoms with van der Waals surface area (Å²) in [5.74, 6) is -0.0668. The molecular formula is C14H9BrN2OS. The fourth-order valence-electron chi connectivity index (χ4n) is 1.75. The number of thiophene rings is 1. The minimum absolute atomic E-state index is 0.0668. The van der Waals surface area contributed by atoms with Crippen molar-refractivity contribution >= 4 is 33.0 Å². The van der Waals surface area contributed by atoms with Gasteiger partial charge in [-0.25, -0.2) is 4.68 Å². The lowest BCUT2D eigenvalue weighted by Gasteiger charge is -1.99. The Morgan fingerprint density at radius 1 is 1.16 bits per heavy atom. The van der Waals surface area contributed by atoms with Crippen LogP contribution in [0.25, 0.3) is 5.69 Å². The molecule has 0 N–H and O–H groups in total. The van der Waals surface area contributed by atoms with Crippen molar-refractivity contribution in [3.8, 4) is 5.69 Å². The van der Waals surface area contributed by atoms with Gasteiger partial charge in [0.25, 0.3) is 0 Å². The van der Waals surface area contributed by atoms with Crippen molar-refractivity contribution in [3.63, 3.8) is 0 Å². The number of carbonyl (C=O) groups is 1. The third-order valence-electron chi connectivity index (χ3n) is 2.70. The number of ketones is 1. The second-order valence-corrected chi connectivity index (χ2v) is 5.54. The first-order valence-corrected chi connectivity index (χ1v) is 7.37. The molecule has 0 fully saturated rings. The van der Waals surface area contributed by atoms with E-state index in [1.165, 1.54) is 11.3 Å². The molecule has 0 aliphatic carbocycles. The van der Waals surface area contributed by atoms with E-state index in [0.29, 0.717) is 11.3 Å².